The lowest BCUT2D eigenvalue weighted by molar-refractivity contribution is -0.479. The van der Waals surface area contributed by atoms with E-state index >= 15 is 0 Å². The van der Waals surface area contributed by atoms with Crippen LogP contribution in [0.5, 0.6) is 11.5 Å². The van der Waals surface area contributed by atoms with Crippen molar-refractivity contribution in [3.05, 3.63) is 105 Å². The molecule has 0 saturated heterocycles. The topological polar surface area (TPSA) is 116 Å². The molecule has 0 N–H and O–H groups in total. The lowest BCUT2D eigenvalue weighted by Gasteiger charge is -2.17. The van der Waals surface area contributed by atoms with Gasteiger partial charge in [-0.25, -0.2) is 0 Å². The Morgan fingerprint density at radius 2 is 1.84 bits per heavy atom. The Morgan fingerprint density at radius 1 is 1.08 bits per heavy atom. The molecule has 188 valence electrons. The van der Waals surface area contributed by atoms with Gasteiger partial charge in [-0.05, 0) is 49.7 Å². The number of aromatic nitrogens is 3. The molecule has 0 aliphatic heterocycles. The summed E-state index contributed by atoms with van der Waals surface area (Å²) in [4.78, 5) is 11.2. The van der Waals surface area contributed by atoms with Crippen molar-refractivity contribution < 1.29 is 14.4 Å². The minimum atomic E-state index is -0.551. The maximum absolute atomic E-state index is 11.6. The fourth-order valence-corrected chi connectivity index (χ4v) is 4.96. The van der Waals surface area contributed by atoms with Gasteiger partial charge in [0, 0.05) is 16.2 Å². The number of benzene rings is 3. The first-order valence-electron chi connectivity index (χ1n) is 11.5. The van der Waals surface area contributed by atoms with E-state index in [9.17, 15) is 15.4 Å². The summed E-state index contributed by atoms with van der Waals surface area (Å²) in [7, 11) is 1.52. The monoisotopic (exact) mass is 515 g/mol. The van der Waals surface area contributed by atoms with Gasteiger partial charge in [-0.2, -0.15) is 5.26 Å². The third-order valence-electron chi connectivity index (χ3n) is 5.73. The second-order valence-corrected chi connectivity index (χ2v) is 9.46. The summed E-state index contributed by atoms with van der Waals surface area (Å²) in [5, 5.41) is 29.4. The SMILES string of the molecule is COc1cc([C@@H](C[N+](=O)[O-])Sc2nnc(C)n2-c2ccc(C)cc2)ccc1OCc1ccccc1C#N. The van der Waals surface area contributed by atoms with Gasteiger partial charge < -0.3 is 9.47 Å². The van der Waals surface area contributed by atoms with E-state index in [1.807, 2.05) is 54.8 Å². The van der Waals surface area contributed by atoms with Gasteiger partial charge in [0.15, 0.2) is 16.7 Å². The average Bonchev–Trinajstić information content (AvgIpc) is 3.27. The van der Waals surface area contributed by atoms with Crippen LogP contribution in [0.15, 0.2) is 71.9 Å². The fraction of sp³-hybridized carbons (Fsp3) is 0.222. The summed E-state index contributed by atoms with van der Waals surface area (Å²) in [6.45, 7) is 3.72. The molecule has 0 spiro atoms. The van der Waals surface area contributed by atoms with Crippen LogP contribution in [-0.2, 0) is 6.61 Å². The van der Waals surface area contributed by atoms with E-state index in [1.165, 1.54) is 18.9 Å². The van der Waals surface area contributed by atoms with Crippen LogP contribution in [0.25, 0.3) is 5.69 Å². The highest BCUT2D eigenvalue weighted by atomic mass is 32.2. The van der Waals surface area contributed by atoms with Gasteiger partial charge in [-0.15, -0.1) is 10.2 Å². The minimum absolute atomic E-state index is 0.186. The maximum Gasteiger partial charge on any atom is 0.220 e. The smallest absolute Gasteiger partial charge is 0.220 e. The van der Waals surface area contributed by atoms with Crippen molar-refractivity contribution in [2.45, 2.75) is 30.9 Å². The van der Waals surface area contributed by atoms with Crippen molar-refractivity contribution in [1.82, 2.24) is 14.8 Å². The Balaban J connectivity index is 1.61. The maximum atomic E-state index is 11.6. The van der Waals surface area contributed by atoms with Crippen molar-refractivity contribution in [2.75, 3.05) is 13.7 Å². The molecule has 4 rings (SSSR count). The third kappa shape index (κ3) is 6.08. The molecule has 4 aromatic rings. The van der Waals surface area contributed by atoms with E-state index in [0.29, 0.717) is 33.6 Å². The van der Waals surface area contributed by atoms with Crippen molar-refractivity contribution >= 4 is 11.8 Å². The Morgan fingerprint density at radius 3 is 2.54 bits per heavy atom. The molecule has 1 aromatic heterocycles. The van der Waals surface area contributed by atoms with Gasteiger partial charge in [-0.1, -0.05) is 53.7 Å². The predicted octanol–water partition coefficient (Wildman–Crippen LogP) is 5.45. The zero-order valence-electron chi connectivity index (χ0n) is 20.6. The number of aryl methyl sites for hydroxylation is 2. The summed E-state index contributed by atoms with van der Waals surface area (Å²) in [6, 6.07) is 22.5. The van der Waals surface area contributed by atoms with Crippen LogP contribution in [0.3, 0.4) is 0 Å². The summed E-state index contributed by atoms with van der Waals surface area (Å²) in [5.41, 5.74) is 3.99. The van der Waals surface area contributed by atoms with Crippen LogP contribution >= 0.6 is 11.8 Å². The molecule has 0 aliphatic rings. The highest BCUT2D eigenvalue weighted by Gasteiger charge is 2.25. The van der Waals surface area contributed by atoms with E-state index in [0.717, 1.165) is 16.8 Å². The number of hydrogen-bond acceptors (Lipinski definition) is 8. The van der Waals surface area contributed by atoms with Crippen molar-refractivity contribution in [3.63, 3.8) is 0 Å². The largest absolute Gasteiger partial charge is 0.493 e. The van der Waals surface area contributed by atoms with E-state index < -0.39 is 5.25 Å². The van der Waals surface area contributed by atoms with Crippen molar-refractivity contribution in [1.29, 1.82) is 5.26 Å². The molecule has 37 heavy (non-hydrogen) atoms. The Kier molecular flexibility index (Phi) is 8.05. The average molecular weight is 516 g/mol. The number of nitro groups is 1. The third-order valence-corrected chi connectivity index (χ3v) is 6.91. The Bertz CT molecular complexity index is 1450. The van der Waals surface area contributed by atoms with E-state index in [4.69, 9.17) is 9.47 Å². The lowest BCUT2D eigenvalue weighted by Crippen LogP contribution is -2.11. The molecule has 0 saturated carbocycles. The van der Waals surface area contributed by atoms with Crippen LogP contribution in [0.1, 0.15) is 33.3 Å². The van der Waals surface area contributed by atoms with Crippen LogP contribution < -0.4 is 9.47 Å². The number of hydrogen-bond donors (Lipinski definition) is 0. The molecule has 0 aliphatic carbocycles. The van der Waals surface area contributed by atoms with Crippen LogP contribution in [0.2, 0.25) is 0 Å². The van der Waals surface area contributed by atoms with Gasteiger partial charge in [0.2, 0.25) is 6.54 Å². The van der Waals surface area contributed by atoms with Gasteiger partial charge in [0.05, 0.1) is 18.7 Å². The molecule has 0 amide bonds. The molecule has 0 fully saturated rings. The minimum Gasteiger partial charge on any atom is -0.493 e. The predicted molar refractivity (Wildman–Crippen MR) is 140 cm³/mol. The number of rotatable bonds is 10. The highest BCUT2D eigenvalue weighted by Crippen LogP contribution is 2.39. The highest BCUT2D eigenvalue weighted by molar-refractivity contribution is 7.99. The standard InChI is InChI=1S/C27H25N5O4S/c1-18-8-11-23(12-9-18)32-19(2)29-30-27(32)37-26(16-31(33)34)20-10-13-24(25(14-20)35-3)36-17-22-7-5-4-6-21(22)15-28/h4-14,26H,16-17H2,1-3H3/t26-/m1/s1. The molecule has 0 radical (unpaired) electrons. The summed E-state index contributed by atoms with van der Waals surface area (Å²) < 4.78 is 13.4. The molecule has 1 heterocycles. The Labute approximate surface area is 218 Å². The first kappa shape index (κ1) is 25.7. The fourth-order valence-electron chi connectivity index (χ4n) is 3.80. The van der Waals surface area contributed by atoms with Crippen LogP contribution in [-0.4, -0.2) is 33.3 Å². The molecule has 10 heteroatoms. The molecular weight excluding hydrogens is 490 g/mol. The van der Waals surface area contributed by atoms with Gasteiger partial charge >= 0.3 is 0 Å². The molecule has 3 aromatic carbocycles. The van der Waals surface area contributed by atoms with E-state index in [2.05, 4.69) is 16.3 Å². The Hall–Kier alpha value is -4.36. The second-order valence-electron chi connectivity index (χ2n) is 8.29. The number of nitriles is 1. The van der Waals surface area contributed by atoms with Gasteiger partial charge in [-0.3, -0.25) is 14.7 Å². The summed E-state index contributed by atoms with van der Waals surface area (Å²) in [6.07, 6.45) is 0. The zero-order chi connectivity index (χ0) is 26.4. The number of ether oxygens (including phenoxy) is 2. The number of nitrogens with zero attached hydrogens (tertiary/aromatic N) is 5. The molecule has 9 nitrogen and oxygen atoms in total. The normalized spacial score (nSPS) is 11.5. The molecular formula is C27H25N5O4S. The lowest BCUT2D eigenvalue weighted by atomic mass is 10.1. The zero-order valence-corrected chi connectivity index (χ0v) is 21.4. The van der Waals surface area contributed by atoms with Gasteiger partial charge in [0.25, 0.3) is 0 Å². The van der Waals surface area contributed by atoms with Crippen molar-refractivity contribution in [3.8, 4) is 23.3 Å². The molecule has 1 atom stereocenters. The van der Waals surface area contributed by atoms with Gasteiger partial charge in [0.1, 0.15) is 17.7 Å². The first-order chi connectivity index (χ1) is 17.9. The van der Waals surface area contributed by atoms with E-state index in [-0.39, 0.29) is 18.1 Å². The van der Waals surface area contributed by atoms with E-state index in [1.54, 1.807) is 30.3 Å². The quantitative estimate of drug-likeness (QED) is 0.155. The second kappa shape index (κ2) is 11.6. The molecule has 0 bridgehead atoms. The number of methoxy groups -OCH3 is 1. The first-order valence-corrected chi connectivity index (χ1v) is 12.3. The van der Waals surface area contributed by atoms with Crippen LogP contribution in [0, 0.1) is 35.3 Å². The number of thioether (sulfide) groups is 1. The molecule has 0 unspecified atom stereocenters. The van der Waals surface area contributed by atoms with Crippen molar-refractivity contribution in [2.24, 2.45) is 0 Å². The summed E-state index contributed by atoms with van der Waals surface area (Å²) in [5.74, 6) is 1.60. The van der Waals surface area contributed by atoms with Crippen LogP contribution in [0.4, 0.5) is 0 Å². The summed E-state index contributed by atoms with van der Waals surface area (Å²) >= 11 is 1.27.